The Kier molecular flexibility index (Phi) is 4.11. The van der Waals surface area contributed by atoms with Crippen LogP contribution in [0.5, 0.6) is 0 Å². The van der Waals surface area contributed by atoms with Gasteiger partial charge < -0.3 is 10.1 Å². The number of morpholine rings is 1. The lowest BCUT2D eigenvalue weighted by atomic mass is 10.3. The van der Waals surface area contributed by atoms with Crippen LogP contribution in [-0.2, 0) is 9.53 Å². The van der Waals surface area contributed by atoms with Crippen molar-refractivity contribution in [2.45, 2.75) is 0 Å². The van der Waals surface area contributed by atoms with Crippen LogP contribution in [-0.4, -0.2) is 53.8 Å². The maximum absolute atomic E-state index is 12.4. The van der Waals surface area contributed by atoms with Gasteiger partial charge in [0.2, 0.25) is 0 Å². The van der Waals surface area contributed by atoms with Crippen molar-refractivity contribution in [1.82, 2.24) is 15.1 Å². The molecule has 1 aromatic heterocycles. The molecule has 2 aliphatic heterocycles. The second-order valence-electron chi connectivity index (χ2n) is 4.61. The van der Waals surface area contributed by atoms with Crippen LogP contribution < -0.4 is 5.32 Å². The summed E-state index contributed by atoms with van der Waals surface area (Å²) in [5.74, 6) is -0.0603. The fraction of sp³-hybridized carbons (Fsp3) is 0.385. The van der Waals surface area contributed by atoms with Crippen LogP contribution in [0.15, 0.2) is 23.2 Å². The van der Waals surface area contributed by atoms with E-state index in [1.54, 1.807) is 16.2 Å². The standard InChI is InChI=1S/C13H15N3O2S2/c17-12-11(8-10-2-1-7-20-10)14-13(19)16(12)9-15-3-5-18-6-4-15/h1-2,7-8H,3-6,9H2,(H,14,19)/b11-8-. The van der Waals surface area contributed by atoms with E-state index in [0.717, 1.165) is 18.0 Å². The molecule has 0 atom stereocenters. The van der Waals surface area contributed by atoms with Crippen LogP contribution in [0.1, 0.15) is 4.88 Å². The summed E-state index contributed by atoms with van der Waals surface area (Å²) in [6.07, 6.45) is 1.85. The van der Waals surface area contributed by atoms with E-state index in [1.165, 1.54) is 0 Å². The van der Waals surface area contributed by atoms with Crippen LogP contribution >= 0.6 is 23.6 Å². The molecule has 0 aliphatic carbocycles. The molecule has 2 aliphatic rings. The third-order valence-corrected chi connectivity index (χ3v) is 4.38. The number of ether oxygens (including phenoxy) is 1. The highest BCUT2D eigenvalue weighted by Crippen LogP contribution is 2.18. The number of carbonyl (C=O) groups is 1. The minimum atomic E-state index is -0.0603. The summed E-state index contributed by atoms with van der Waals surface area (Å²) >= 11 is 6.85. The van der Waals surface area contributed by atoms with E-state index in [-0.39, 0.29) is 5.91 Å². The van der Waals surface area contributed by atoms with Crippen molar-refractivity contribution in [3.63, 3.8) is 0 Å². The van der Waals surface area contributed by atoms with Gasteiger partial charge in [-0.1, -0.05) is 6.07 Å². The molecule has 106 valence electrons. The fourth-order valence-electron chi connectivity index (χ4n) is 2.16. The summed E-state index contributed by atoms with van der Waals surface area (Å²) in [6.45, 7) is 3.60. The zero-order valence-electron chi connectivity index (χ0n) is 10.9. The predicted molar refractivity (Wildman–Crippen MR) is 82.1 cm³/mol. The van der Waals surface area contributed by atoms with Crippen molar-refractivity contribution in [3.05, 3.63) is 28.1 Å². The van der Waals surface area contributed by atoms with Crippen LogP contribution in [0, 0.1) is 0 Å². The Morgan fingerprint density at radius 3 is 2.95 bits per heavy atom. The number of hydrogen-bond acceptors (Lipinski definition) is 5. The first-order valence-electron chi connectivity index (χ1n) is 6.42. The van der Waals surface area contributed by atoms with Gasteiger partial charge in [0.25, 0.3) is 5.91 Å². The molecule has 7 heteroatoms. The van der Waals surface area contributed by atoms with Crippen molar-refractivity contribution >= 4 is 40.7 Å². The molecular formula is C13H15N3O2S2. The number of hydrogen-bond donors (Lipinski definition) is 1. The van der Waals surface area contributed by atoms with E-state index in [4.69, 9.17) is 17.0 Å². The lowest BCUT2D eigenvalue weighted by molar-refractivity contribution is -0.124. The van der Waals surface area contributed by atoms with E-state index in [2.05, 4.69) is 10.2 Å². The second kappa shape index (κ2) is 6.01. The lowest BCUT2D eigenvalue weighted by Crippen LogP contribution is -2.46. The number of nitrogens with zero attached hydrogens (tertiary/aromatic N) is 2. The van der Waals surface area contributed by atoms with E-state index >= 15 is 0 Å². The van der Waals surface area contributed by atoms with Crippen LogP contribution in [0.2, 0.25) is 0 Å². The Morgan fingerprint density at radius 2 is 2.25 bits per heavy atom. The van der Waals surface area contributed by atoms with Gasteiger partial charge in [-0.15, -0.1) is 11.3 Å². The Balaban J connectivity index is 1.70. The van der Waals surface area contributed by atoms with Gasteiger partial charge in [0.05, 0.1) is 19.9 Å². The lowest BCUT2D eigenvalue weighted by Gasteiger charge is -2.29. The molecule has 2 saturated heterocycles. The summed E-state index contributed by atoms with van der Waals surface area (Å²) in [4.78, 5) is 17.2. The number of carbonyl (C=O) groups excluding carboxylic acids is 1. The normalized spacial score (nSPS) is 22.6. The van der Waals surface area contributed by atoms with Gasteiger partial charge in [-0.3, -0.25) is 14.6 Å². The monoisotopic (exact) mass is 309 g/mol. The van der Waals surface area contributed by atoms with Crippen LogP contribution in [0.4, 0.5) is 0 Å². The minimum absolute atomic E-state index is 0.0603. The van der Waals surface area contributed by atoms with E-state index in [9.17, 15) is 4.79 Å². The number of thiophene rings is 1. The highest BCUT2D eigenvalue weighted by Gasteiger charge is 2.32. The van der Waals surface area contributed by atoms with Crippen molar-refractivity contribution < 1.29 is 9.53 Å². The second-order valence-corrected chi connectivity index (χ2v) is 5.97. The summed E-state index contributed by atoms with van der Waals surface area (Å²) in [5.41, 5.74) is 0.547. The van der Waals surface area contributed by atoms with Crippen molar-refractivity contribution in [2.24, 2.45) is 0 Å². The minimum Gasteiger partial charge on any atom is -0.379 e. The first-order valence-corrected chi connectivity index (χ1v) is 7.71. The Labute approximate surface area is 126 Å². The highest BCUT2D eigenvalue weighted by atomic mass is 32.1. The van der Waals surface area contributed by atoms with Crippen LogP contribution in [0.25, 0.3) is 6.08 Å². The van der Waals surface area contributed by atoms with Gasteiger partial charge >= 0.3 is 0 Å². The summed E-state index contributed by atoms with van der Waals surface area (Å²) in [7, 11) is 0. The quantitative estimate of drug-likeness (QED) is 0.669. The Bertz CT molecular complexity index is 536. The maximum Gasteiger partial charge on any atom is 0.277 e. The summed E-state index contributed by atoms with van der Waals surface area (Å²) < 4.78 is 5.31. The zero-order valence-corrected chi connectivity index (χ0v) is 12.5. The maximum atomic E-state index is 12.4. The van der Waals surface area contributed by atoms with Gasteiger partial charge in [-0.2, -0.15) is 0 Å². The molecule has 0 spiro atoms. The van der Waals surface area contributed by atoms with Crippen LogP contribution in [0.3, 0.4) is 0 Å². The molecule has 0 saturated carbocycles. The fourth-order valence-corrected chi connectivity index (χ4v) is 3.07. The number of amides is 1. The number of thiocarbonyl (C=S) groups is 1. The molecule has 0 radical (unpaired) electrons. The first kappa shape index (κ1) is 13.7. The van der Waals surface area contributed by atoms with Gasteiger partial charge in [-0.25, -0.2) is 0 Å². The molecule has 20 heavy (non-hydrogen) atoms. The van der Waals surface area contributed by atoms with Crippen molar-refractivity contribution in [3.8, 4) is 0 Å². The summed E-state index contributed by atoms with van der Waals surface area (Å²) in [5, 5.41) is 5.46. The van der Waals surface area contributed by atoms with Gasteiger partial charge in [0.15, 0.2) is 5.11 Å². The molecule has 1 N–H and O–H groups in total. The molecule has 1 amide bonds. The predicted octanol–water partition coefficient (Wildman–Crippen LogP) is 1.10. The smallest absolute Gasteiger partial charge is 0.277 e. The highest BCUT2D eigenvalue weighted by molar-refractivity contribution is 7.80. The molecule has 0 unspecified atom stereocenters. The SMILES string of the molecule is O=C1/C(=C/c2cccs2)NC(=S)N1CN1CCOCC1. The van der Waals surface area contributed by atoms with Crippen molar-refractivity contribution in [1.29, 1.82) is 0 Å². The molecular weight excluding hydrogens is 294 g/mol. The zero-order chi connectivity index (χ0) is 13.9. The molecule has 5 nitrogen and oxygen atoms in total. The van der Waals surface area contributed by atoms with Crippen molar-refractivity contribution in [2.75, 3.05) is 33.0 Å². The molecule has 1 aromatic rings. The van der Waals surface area contributed by atoms with Gasteiger partial charge in [0, 0.05) is 18.0 Å². The Morgan fingerprint density at radius 1 is 1.45 bits per heavy atom. The van der Waals surface area contributed by atoms with E-state index in [0.29, 0.717) is 30.7 Å². The first-order chi connectivity index (χ1) is 9.74. The van der Waals surface area contributed by atoms with E-state index in [1.807, 2.05) is 23.6 Å². The third-order valence-electron chi connectivity index (χ3n) is 3.24. The largest absolute Gasteiger partial charge is 0.379 e. The number of rotatable bonds is 3. The Hall–Kier alpha value is -1.28. The molecule has 3 heterocycles. The van der Waals surface area contributed by atoms with Gasteiger partial charge in [0.1, 0.15) is 5.70 Å². The average Bonchev–Trinajstić information content (AvgIpc) is 3.05. The molecule has 0 aromatic carbocycles. The average molecular weight is 309 g/mol. The molecule has 3 rings (SSSR count). The topological polar surface area (TPSA) is 44.8 Å². The third kappa shape index (κ3) is 2.90. The molecule has 0 bridgehead atoms. The van der Waals surface area contributed by atoms with E-state index < -0.39 is 0 Å². The summed E-state index contributed by atoms with van der Waals surface area (Å²) in [6, 6.07) is 3.93. The molecule has 2 fully saturated rings. The number of nitrogens with one attached hydrogen (secondary N) is 1. The van der Waals surface area contributed by atoms with Gasteiger partial charge in [-0.05, 0) is 29.7 Å².